The van der Waals surface area contributed by atoms with Crippen LogP contribution in [0.3, 0.4) is 0 Å². The van der Waals surface area contributed by atoms with Crippen molar-refractivity contribution in [2.45, 2.75) is 0 Å². The molecule has 0 N–H and O–H groups in total. The fourth-order valence-electron chi connectivity index (χ4n) is 2.43. The molecule has 0 aromatic heterocycles. The van der Waals surface area contributed by atoms with E-state index in [1.807, 2.05) is 73.6 Å². The van der Waals surface area contributed by atoms with Gasteiger partial charge >= 0.3 is 0 Å². The predicted molar refractivity (Wildman–Crippen MR) is 110 cm³/mol. The van der Waals surface area contributed by atoms with E-state index in [2.05, 4.69) is 28.7 Å². The van der Waals surface area contributed by atoms with Crippen LogP contribution in [0.25, 0.3) is 0 Å². The number of benzene rings is 3. The number of ether oxygens (including phenoxy) is 1. The monoisotopic (exact) mass is 443 g/mol. The number of halogens is 1. The van der Waals surface area contributed by atoms with Crippen molar-refractivity contribution in [3.8, 4) is 11.5 Å². The van der Waals surface area contributed by atoms with Crippen molar-refractivity contribution < 1.29 is 9.53 Å². The number of carbonyl (C=O) groups excluding carboxylic acids is 1. The molecule has 3 aromatic rings. The molecular weight excluding hydrogens is 425 g/mol. The van der Waals surface area contributed by atoms with Gasteiger partial charge in [0.05, 0.1) is 0 Å². The summed E-state index contributed by atoms with van der Waals surface area (Å²) in [5.41, 5.74) is 2.41. The Morgan fingerprint density at radius 3 is 2.12 bits per heavy atom. The number of rotatable bonds is 5. The van der Waals surface area contributed by atoms with Gasteiger partial charge in [-0.2, -0.15) is 0 Å². The lowest BCUT2D eigenvalue weighted by atomic mass is 10.0. The first-order chi connectivity index (χ1) is 12.0. The summed E-state index contributed by atoms with van der Waals surface area (Å²) in [4.78, 5) is 14.5. The molecule has 0 saturated heterocycles. The summed E-state index contributed by atoms with van der Waals surface area (Å²) in [7, 11) is 4.00. The van der Waals surface area contributed by atoms with E-state index in [1.165, 1.54) is 0 Å². The van der Waals surface area contributed by atoms with Gasteiger partial charge in [-0.25, -0.2) is 0 Å². The van der Waals surface area contributed by atoms with E-state index in [4.69, 9.17) is 4.74 Å². The quantitative estimate of drug-likeness (QED) is 0.392. The number of anilines is 1. The number of carbonyl (C=O) groups is 1. The fourth-order valence-corrected chi connectivity index (χ4v) is 3.06. The van der Waals surface area contributed by atoms with Gasteiger partial charge in [-0.1, -0.05) is 30.3 Å². The van der Waals surface area contributed by atoms with Gasteiger partial charge < -0.3 is 9.64 Å². The van der Waals surface area contributed by atoms with Crippen LogP contribution in [-0.4, -0.2) is 19.9 Å². The molecular formula is C21H18INO2. The first-order valence-corrected chi connectivity index (χ1v) is 8.96. The average Bonchev–Trinajstić information content (AvgIpc) is 2.62. The first-order valence-electron chi connectivity index (χ1n) is 7.88. The molecule has 0 atom stereocenters. The topological polar surface area (TPSA) is 29.5 Å². The summed E-state index contributed by atoms with van der Waals surface area (Å²) < 4.78 is 7.05. The molecule has 0 amide bonds. The summed E-state index contributed by atoms with van der Waals surface area (Å²) in [5, 5.41) is 0. The van der Waals surface area contributed by atoms with Crippen LogP contribution in [0.4, 0.5) is 5.69 Å². The van der Waals surface area contributed by atoms with E-state index in [1.54, 1.807) is 12.1 Å². The van der Waals surface area contributed by atoms with Crippen LogP contribution >= 0.6 is 22.6 Å². The molecule has 3 nitrogen and oxygen atoms in total. The lowest BCUT2D eigenvalue weighted by molar-refractivity contribution is 0.103. The van der Waals surface area contributed by atoms with Gasteiger partial charge in [-0.3, -0.25) is 4.79 Å². The lowest BCUT2D eigenvalue weighted by Crippen LogP contribution is -2.08. The van der Waals surface area contributed by atoms with Gasteiger partial charge in [0.15, 0.2) is 5.78 Å². The molecule has 3 rings (SSSR count). The van der Waals surface area contributed by atoms with E-state index < -0.39 is 0 Å². The second-order valence-corrected chi connectivity index (χ2v) is 7.11. The first kappa shape index (κ1) is 17.5. The van der Waals surface area contributed by atoms with Crippen LogP contribution in [0.1, 0.15) is 15.9 Å². The van der Waals surface area contributed by atoms with Gasteiger partial charge in [0.1, 0.15) is 11.5 Å². The van der Waals surface area contributed by atoms with E-state index in [9.17, 15) is 4.79 Å². The van der Waals surface area contributed by atoms with Crippen molar-refractivity contribution in [3.63, 3.8) is 0 Å². The molecule has 0 unspecified atom stereocenters. The Morgan fingerprint density at radius 2 is 1.48 bits per heavy atom. The summed E-state index contributed by atoms with van der Waals surface area (Å²) >= 11 is 2.28. The van der Waals surface area contributed by atoms with Crippen LogP contribution < -0.4 is 9.64 Å². The van der Waals surface area contributed by atoms with Gasteiger partial charge in [0.2, 0.25) is 0 Å². The molecule has 0 spiro atoms. The van der Waals surface area contributed by atoms with Crippen molar-refractivity contribution in [1.29, 1.82) is 0 Å². The summed E-state index contributed by atoms with van der Waals surface area (Å²) in [6, 6.07) is 22.6. The minimum atomic E-state index is 0.0105. The second-order valence-electron chi connectivity index (χ2n) is 5.86. The Kier molecular flexibility index (Phi) is 5.38. The maximum Gasteiger partial charge on any atom is 0.193 e. The van der Waals surface area contributed by atoms with Crippen molar-refractivity contribution >= 4 is 34.1 Å². The fraction of sp³-hybridized carbons (Fsp3) is 0.0952. The van der Waals surface area contributed by atoms with Gasteiger partial charge in [-0.15, -0.1) is 0 Å². The SMILES string of the molecule is CN(C)c1cc(I)cc(Oc2ccc(C(=O)c3ccccc3)cc2)c1. The highest BCUT2D eigenvalue weighted by molar-refractivity contribution is 14.1. The average molecular weight is 443 g/mol. The zero-order chi connectivity index (χ0) is 17.8. The highest BCUT2D eigenvalue weighted by Crippen LogP contribution is 2.28. The Bertz CT molecular complexity index is 874. The van der Waals surface area contributed by atoms with Crippen molar-refractivity contribution in [2.75, 3.05) is 19.0 Å². The van der Waals surface area contributed by atoms with E-state index in [-0.39, 0.29) is 5.78 Å². The van der Waals surface area contributed by atoms with Crippen LogP contribution in [0.2, 0.25) is 0 Å². The molecule has 126 valence electrons. The van der Waals surface area contributed by atoms with Crippen LogP contribution in [-0.2, 0) is 0 Å². The third-order valence-electron chi connectivity index (χ3n) is 3.76. The zero-order valence-electron chi connectivity index (χ0n) is 14.1. The van der Waals surface area contributed by atoms with Gasteiger partial charge in [0, 0.05) is 40.5 Å². The number of ketones is 1. The van der Waals surface area contributed by atoms with Gasteiger partial charge in [-0.05, 0) is 59.0 Å². The van der Waals surface area contributed by atoms with Crippen LogP contribution in [0.5, 0.6) is 11.5 Å². The third-order valence-corrected chi connectivity index (χ3v) is 4.38. The predicted octanol–water partition coefficient (Wildman–Crippen LogP) is 5.38. The minimum Gasteiger partial charge on any atom is -0.457 e. The molecule has 0 fully saturated rings. The maximum atomic E-state index is 12.4. The molecule has 0 saturated carbocycles. The molecule has 3 aromatic carbocycles. The Morgan fingerprint density at radius 1 is 0.840 bits per heavy atom. The highest BCUT2D eigenvalue weighted by Gasteiger charge is 2.09. The molecule has 0 heterocycles. The van der Waals surface area contributed by atoms with E-state index >= 15 is 0 Å². The number of nitrogens with zero attached hydrogens (tertiary/aromatic N) is 1. The smallest absolute Gasteiger partial charge is 0.193 e. The lowest BCUT2D eigenvalue weighted by Gasteiger charge is -2.15. The zero-order valence-corrected chi connectivity index (χ0v) is 16.2. The number of hydrogen-bond donors (Lipinski definition) is 0. The number of hydrogen-bond acceptors (Lipinski definition) is 3. The molecule has 0 aliphatic heterocycles. The molecule has 25 heavy (non-hydrogen) atoms. The normalized spacial score (nSPS) is 10.4. The molecule has 0 aliphatic rings. The van der Waals surface area contributed by atoms with Crippen molar-refractivity contribution in [1.82, 2.24) is 0 Å². The van der Waals surface area contributed by atoms with Crippen LogP contribution in [0.15, 0.2) is 72.8 Å². The van der Waals surface area contributed by atoms with Crippen molar-refractivity contribution in [3.05, 3.63) is 87.5 Å². The van der Waals surface area contributed by atoms with Crippen LogP contribution in [0, 0.1) is 3.57 Å². The van der Waals surface area contributed by atoms with E-state index in [0.29, 0.717) is 16.9 Å². The molecule has 0 aliphatic carbocycles. The van der Waals surface area contributed by atoms with Gasteiger partial charge in [0.25, 0.3) is 0 Å². The standard InChI is InChI=1S/C21H18INO2/c1-23(2)18-12-17(22)13-20(14-18)25-19-10-8-16(9-11-19)21(24)15-6-4-3-5-7-15/h3-14H,1-2H3. The second kappa shape index (κ2) is 7.70. The molecule has 0 bridgehead atoms. The Balaban J connectivity index is 1.78. The maximum absolute atomic E-state index is 12.4. The largest absolute Gasteiger partial charge is 0.457 e. The highest BCUT2D eigenvalue weighted by atomic mass is 127. The summed E-state index contributed by atoms with van der Waals surface area (Å²) in [5.74, 6) is 1.49. The third kappa shape index (κ3) is 4.39. The van der Waals surface area contributed by atoms with Crippen molar-refractivity contribution in [2.24, 2.45) is 0 Å². The summed E-state index contributed by atoms with van der Waals surface area (Å²) in [6.07, 6.45) is 0. The minimum absolute atomic E-state index is 0.0105. The summed E-state index contributed by atoms with van der Waals surface area (Å²) in [6.45, 7) is 0. The Labute approximate surface area is 161 Å². The van der Waals surface area contributed by atoms with E-state index in [0.717, 1.165) is 15.0 Å². The molecule has 4 heteroatoms. The Hall–Kier alpha value is -2.34. The molecule has 0 radical (unpaired) electrons.